The molecule has 0 radical (unpaired) electrons. The normalized spacial score (nSPS) is 26.8. The van der Waals surface area contributed by atoms with Gasteiger partial charge in [-0.05, 0) is 12.1 Å². The quantitative estimate of drug-likeness (QED) is 0.307. The molecule has 2 aliphatic heterocycles. The lowest BCUT2D eigenvalue weighted by atomic mass is 9.89. The number of ether oxygens (including phenoxy) is 3. The monoisotopic (exact) mass is 608 g/mol. The molecule has 2 saturated heterocycles. The molecule has 0 saturated carbocycles. The molecule has 3 aromatic rings. The van der Waals surface area contributed by atoms with Gasteiger partial charge in [-0.15, -0.1) is 10.2 Å². The summed E-state index contributed by atoms with van der Waals surface area (Å²) in [5.41, 5.74) is -2.42. The minimum absolute atomic E-state index is 0.0689. The SMILES string of the molecule is CO[C@@H]1[C@@H](n2cc(-c3ccc(Cl)c(F)c3F)nn2)[C@@H](O)[C@@H](CO)O[C@@H]1Cc1cn(C2(C(F)(F)F)CCOCC2)nn1. The zero-order valence-electron chi connectivity index (χ0n) is 21.5. The Hall–Kier alpha value is -2.76. The van der Waals surface area contributed by atoms with Crippen molar-refractivity contribution >= 4 is 11.6 Å². The van der Waals surface area contributed by atoms with Crippen LogP contribution in [0.15, 0.2) is 24.5 Å². The first-order chi connectivity index (χ1) is 19.5. The first-order valence-electron chi connectivity index (χ1n) is 12.6. The van der Waals surface area contributed by atoms with E-state index in [-0.39, 0.29) is 49.4 Å². The zero-order chi connectivity index (χ0) is 29.5. The van der Waals surface area contributed by atoms with Crippen LogP contribution in [0.3, 0.4) is 0 Å². The maximum atomic E-state index is 14.5. The van der Waals surface area contributed by atoms with Crippen molar-refractivity contribution in [1.82, 2.24) is 30.0 Å². The standard InChI is InChI=1S/C24H26ClF5N6O5/c1-39-22-16(8-12-9-36(34-31-12)23(24(28,29)30)4-6-40-7-5-23)41-17(11-37)21(38)20(22)35-10-15(32-33-35)13-2-3-14(25)19(27)18(13)26/h2-3,9-10,16-17,20-22,37-38H,4-8,11H2,1H3/t16-,17-,20+,21+,22+/m1/s1. The third kappa shape index (κ3) is 5.32. The van der Waals surface area contributed by atoms with Crippen molar-refractivity contribution in [2.24, 2.45) is 0 Å². The Kier molecular flexibility index (Phi) is 8.33. The number of halogens is 6. The Balaban J connectivity index is 1.43. The van der Waals surface area contributed by atoms with E-state index in [0.717, 1.165) is 10.7 Å². The molecular weight excluding hydrogens is 583 g/mol. The van der Waals surface area contributed by atoms with E-state index < -0.39 is 65.4 Å². The Labute approximate surface area is 234 Å². The zero-order valence-corrected chi connectivity index (χ0v) is 22.3. The fraction of sp³-hybridized carbons (Fsp3) is 0.583. The number of aliphatic hydroxyl groups is 2. The van der Waals surface area contributed by atoms with Gasteiger partial charge in [0, 0.05) is 51.3 Å². The molecule has 2 aromatic heterocycles. The van der Waals surface area contributed by atoms with E-state index in [9.17, 15) is 32.2 Å². The highest BCUT2D eigenvalue weighted by atomic mass is 35.5. The topological polar surface area (TPSA) is 130 Å². The van der Waals surface area contributed by atoms with Crippen molar-refractivity contribution in [3.05, 3.63) is 46.9 Å². The van der Waals surface area contributed by atoms with Crippen molar-refractivity contribution in [2.45, 2.75) is 61.4 Å². The number of aliphatic hydroxyl groups excluding tert-OH is 2. The Bertz CT molecular complexity index is 1370. The van der Waals surface area contributed by atoms with Crippen LogP contribution in [-0.4, -0.2) is 97.7 Å². The summed E-state index contributed by atoms with van der Waals surface area (Å²) in [6.07, 6.45) is -7.38. The van der Waals surface area contributed by atoms with Gasteiger partial charge >= 0.3 is 6.18 Å². The Morgan fingerprint density at radius 2 is 1.83 bits per heavy atom. The molecule has 2 fully saturated rings. The molecule has 5 rings (SSSR count). The number of methoxy groups -OCH3 is 1. The average Bonchev–Trinajstić information content (AvgIpc) is 3.62. The molecule has 0 unspecified atom stereocenters. The summed E-state index contributed by atoms with van der Waals surface area (Å²) in [6, 6.07) is 1.33. The van der Waals surface area contributed by atoms with Crippen LogP contribution in [0, 0.1) is 11.6 Å². The predicted molar refractivity (Wildman–Crippen MR) is 130 cm³/mol. The lowest BCUT2D eigenvalue weighted by Crippen LogP contribution is -2.57. The molecule has 11 nitrogen and oxygen atoms in total. The van der Waals surface area contributed by atoms with Gasteiger partial charge < -0.3 is 24.4 Å². The summed E-state index contributed by atoms with van der Waals surface area (Å²) in [6.45, 7) is -0.792. The lowest BCUT2D eigenvalue weighted by Gasteiger charge is -2.43. The van der Waals surface area contributed by atoms with E-state index in [1.54, 1.807) is 0 Å². The van der Waals surface area contributed by atoms with Gasteiger partial charge in [0.05, 0.1) is 29.6 Å². The first kappa shape index (κ1) is 29.7. The largest absolute Gasteiger partial charge is 0.413 e. The molecule has 5 atom stereocenters. The van der Waals surface area contributed by atoms with Crippen molar-refractivity contribution in [2.75, 3.05) is 26.9 Å². The predicted octanol–water partition coefficient (Wildman–Crippen LogP) is 2.46. The molecule has 41 heavy (non-hydrogen) atoms. The van der Waals surface area contributed by atoms with Crippen molar-refractivity contribution < 1.29 is 46.4 Å². The summed E-state index contributed by atoms with van der Waals surface area (Å²) in [5.74, 6) is -2.50. The van der Waals surface area contributed by atoms with Crippen molar-refractivity contribution in [3.8, 4) is 11.3 Å². The number of rotatable bonds is 7. The van der Waals surface area contributed by atoms with Crippen LogP contribution in [0.5, 0.6) is 0 Å². The molecule has 1 aromatic carbocycles. The summed E-state index contributed by atoms with van der Waals surface area (Å²) in [4.78, 5) is 0. The van der Waals surface area contributed by atoms with Crippen LogP contribution in [0.25, 0.3) is 11.3 Å². The van der Waals surface area contributed by atoms with E-state index in [1.807, 2.05) is 0 Å². The highest BCUT2D eigenvalue weighted by molar-refractivity contribution is 6.30. The van der Waals surface area contributed by atoms with Crippen molar-refractivity contribution in [3.63, 3.8) is 0 Å². The molecule has 0 spiro atoms. The molecule has 0 amide bonds. The van der Waals surface area contributed by atoms with E-state index in [2.05, 4.69) is 20.6 Å². The lowest BCUT2D eigenvalue weighted by molar-refractivity contribution is -0.239. The van der Waals surface area contributed by atoms with Gasteiger partial charge in [-0.25, -0.2) is 18.1 Å². The van der Waals surface area contributed by atoms with Gasteiger partial charge in [0.1, 0.15) is 30.0 Å². The van der Waals surface area contributed by atoms with Gasteiger partial charge in [-0.1, -0.05) is 22.0 Å². The van der Waals surface area contributed by atoms with E-state index in [0.29, 0.717) is 0 Å². The number of benzene rings is 1. The van der Waals surface area contributed by atoms with Crippen LogP contribution in [0.1, 0.15) is 24.6 Å². The highest BCUT2D eigenvalue weighted by Crippen LogP contribution is 2.44. The average molecular weight is 609 g/mol. The highest BCUT2D eigenvalue weighted by Gasteiger charge is 2.58. The summed E-state index contributed by atoms with van der Waals surface area (Å²) in [5, 5.41) is 36.1. The second-order valence-corrected chi connectivity index (χ2v) is 10.3. The molecule has 224 valence electrons. The molecule has 2 aliphatic rings. The van der Waals surface area contributed by atoms with E-state index in [1.165, 1.54) is 30.3 Å². The number of hydrogen-bond acceptors (Lipinski definition) is 9. The first-order valence-corrected chi connectivity index (χ1v) is 13.0. The van der Waals surface area contributed by atoms with Crippen LogP contribution >= 0.6 is 11.6 Å². The molecule has 0 aliphatic carbocycles. The van der Waals surface area contributed by atoms with Crippen LogP contribution in [0.2, 0.25) is 5.02 Å². The number of alkyl halides is 3. The summed E-state index contributed by atoms with van der Waals surface area (Å²) < 4.78 is 89.5. The van der Waals surface area contributed by atoms with Crippen LogP contribution < -0.4 is 0 Å². The van der Waals surface area contributed by atoms with Crippen LogP contribution in [0.4, 0.5) is 22.0 Å². The molecule has 17 heteroatoms. The third-order valence-corrected chi connectivity index (χ3v) is 7.89. The molecule has 4 heterocycles. The van der Waals surface area contributed by atoms with Gasteiger partial charge in [-0.2, -0.15) is 13.2 Å². The van der Waals surface area contributed by atoms with E-state index in [4.69, 9.17) is 25.8 Å². The van der Waals surface area contributed by atoms with Crippen molar-refractivity contribution in [1.29, 1.82) is 0 Å². The minimum atomic E-state index is -4.60. The minimum Gasteiger partial charge on any atom is -0.394 e. The second kappa shape index (κ2) is 11.5. The number of aromatic nitrogens is 6. The molecule has 0 bridgehead atoms. The van der Waals surface area contributed by atoms with Gasteiger partial charge in [0.15, 0.2) is 17.2 Å². The maximum Gasteiger partial charge on any atom is 0.413 e. The number of nitrogens with zero attached hydrogens (tertiary/aromatic N) is 6. The fourth-order valence-corrected chi connectivity index (χ4v) is 5.50. The molecular formula is C24H26ClF5N6O5. The fourth-order valence-electron chi connectivity index (χ4n) is 5.36. The maximum absolute atomic E-state index is 14.5. The van der Waals surface area contributed by atoms with Gasteiger partial charge in [0.25, 0.3) is 0 Å². The second-order valence-electron chi connectivity index (χ2n) is 9.88. The third-order valence-electron chi connectivity index (χ3n) is 7.60. The van der Waals surface area contributed by atoms with E-state index >= 15 is 0 Å². The summed E-state index contributed by atoms with van der Waals surface area (Å²) >= 11 is 5.63. The molecule has 2 N–H and O–H groups in total. The van der Waals surface area contributed by atoms with Crippen LogP contribution in [-0.2, 0) is 26.2 Å². The Morgan fingerprint density at radius 3 is 2.49 bits per heavy atom. The number of hydrogen-bond donors (Lipinski definition) is 2. The van der Waals surface area contributed by atoms with Gasteiger partial charge in [-0.3, -0.25) is 0 Å². The Morgan fingerprint density at radius 1 is 1.10 bits per heavy atom. The summed E-state index contributed by atoms with van der Waals surface area (Å²) in [7, 11) is 1.32. The van der Waals surface area contributed by atoms with Gasteiger partial charge in [0.2, 0.25) is 0 Å². The smallest absolute Gasteiger partial charge is 0.394 e.